The molecule has 0 bridgehead atoms. The maximum atomic E-state index is 5.23. The topological polar surface area (TPSA) is 24.7 Å². The summed E-state index contributed by atoms with van der Waals surface area (Å²) in [5.41, 5.74) is 7.26. The van der Waals surface area contributed by atoms with Crippen molar-refractivity contribution >= 4 is 22.8 Å². The Kier molecular flexibility index (Phi) is 27.0. The molecule has 0 atom stereocenters. The van der Waals surface area contributed by atoms with Crippen molar-refractivity contribution in [2.75, 3.05) is 0 Å². The number of unbranched alkanes of at least 4 members (excludes halogenated alkanes) is 16. The van der Waals surface area contributed by atoms with Crippen LogP contribution in [0.3, 0.4) is 0 Å². The van der Waals surface area contributed by atoms with Crippen molar-refractivity contribution in [2.24, 2.45) is 9.98 Å². The van der Waals surface area contributed by atoms with Crippen LogP contribution in [0.1, 0.15) is 193 Å². The summed E-state index contributed by atoms with van der Waals surface area (Å²) in [4.78, 5) is 10.5. The largest absolute Gasteiger partial charge is 0.252 e. The van der Waals surface area contributed by atoms with Crippen LogP contribution in [0.4, 0.5) is 11.4 Å². The zero-order valence-corrected chi connectivity index (χ0v) is 33.2. The van der Waals surface area contributed by atoms with Crippen molar-refractivity contribution in [3.05, 3.63) is 84.0 Å². The van der Waals surface area contributed by atoms with Crippen molar-refractivity contribution in [3.8, 4) is 0 Å². The lowest BCUT2D eigenvalue weighted by atomic mass is 10.0. The Morgan fingerprint density at radius 1 is 0.380 bits per heavy atom. The van der Waals surface area contributed by atoms with E-state index in [2.05, 4.69) is 101 Å². The molecule has 0 saturated carbocycles. The average molecular weight is 681 g/mol. The molecule has 2 rings (SSSR count). The smallest absolute Gasteiger partial charge is 0.0633 e. The fourth-order valence-corrected chi connectivity index (χ4v) is 6.41. The molecule has 0 aromatic heterocycles. The Balaban J connectivity index is 1.90. The molecule has 2 aromatic carbocycles. The first-order valence-electron chi connectivity index (χ1n) is 21.3. The Morgan fingerprint density at radius 2 is 0.700 bits per heavy atom. The van der Waals surface area contributed by atoms with Gasteiger partial charge in [0.2, 0.25) is 0 Å². The molecule has 278 valence electrons. The zero-order valence-electron chi connectivity index (χ0n) is 33.2. The second kappa shape index (κ2) is 31.0. The van der Waals surface area contributed by atoms with E-state index in [0.29, 0.717) is 0 Å². The second-order valence-corrected chi connectivity index (χ2v) is 14.5. The summed E-state index contributed by atoms with van der Waals surface area (Å²) in [6.07, 6.45) is 42.2. The van der Waals surface area contributed by atoms with Crippen molar-refractivity contribution in [1.82, 2.24) is 0 Å². The lowest BCUT2D eigenvalue weighted by Gasteiger charge is -2.11. The molecule has 0 spiro atoms. The molecule has 0 fully saturated rings. The van der Waals surface area contributed by atoms with Gasteiger partial charge < -0.3 is 0 Å². The summed E-state index contributed by atoms with van der Waals surface area (Å²) in [5, 5.41) is 0. The first-order valence-corrected chi connectivity index (χ1v) is 21.3. The van der Waals surface area contributed by atoms with E-state index in [-0.39, 0.29) is 0 Å². The predicted octanol–water partition coefficient (Wildman–Crippen LogP) is 16.2. The fraction of sp³-hybridized carbons (Fsp3) is 0.625. The standard InChI is InChI=1S/C48H76N2/c1-5-9-13-15-17-19-21-23-25-27-29-31-43-35-39-45(40-36-43)49-47(33-11-7-3)48(34-12-8-4)50-46-41-37-44(38-42-46)32-30-28-26-24-22-20-18-16-14-10-6-2/h23-26,35-42H,5-22,27-34H2,1-4H3/b25-23+,26-24+,49-47?,50-48?. The van der Waals surface area contributed by atoms with E-state index >= 15 is 0 Å². The summed E-state index contributed by atoms with van der Waals surface area (Å²) in [7, 11) is 0. The van der Waals surface area contributed by atoms with Crippen LogP contribution in [0.25, 0.3) is 0 Å². The molecule has 0 saturated heterocycles. The molecule has 0 unspecified atom stereocenters. The van der Waals surface area contributed by atoms with E-state index in [1.165, 1.54) is 138 Å². The van der Waals surface area contributed by atoms with E-state index in [1.807, 2.05) is 0 Å². The molecule has 0 aliphatic rings. The molecular weight excluding hydrogens is 605 g/mol. The lowest BCUT2D eigenvalue weighted by molar-refractivity contribution is 0.611. The fourth-order valence-electron chi connectivity index (χ4n) is 6.41. The number of aryl methyl sites for hydroxylation is 2. The molecule has 2 heteroatoms. The molecule has 0 aliphatic heterocycles. The van der Waals surface area contributed by atoms with E-state index in [9.17, 15) is 0 Å². The minimum absolute atomic E-state index is 0.982. The molecule has 0 N–H and O–H groups in total. The molecule has 50 heavy (non-hydrogen) atoms. The van der Waals surface area contributed by atoms with Crippen LogP contribution >= 0.6 is 0 Å². The molecule has 2 aromatic rings. The van der Waals surface area contributed by atoms with Gasteiger partial charge in [-0.05, 0) is 125 Å². The van der Waals surface area contributed by atoms with Gasteiger partial charge >= 0.3 is 0 Å². The summed E-state index contributed by atoms with van der Waals surface area (Å²) >= 11 is 0. The number of rotatable bonds is 31. The van der Waals surface area contributed by atoms with Crippen molar-refractivity contribution in [2.45, 2.75) is 195 Å². The van der Waals surface area contributed by atoms with Gasteiger partial charge in [0.25, 0.3) is 0 Å². The van der Waals surface area contributed by atoms with Gasteiger partial charge in [-0.15, -0.1) is 0 Å². The van der Waals surface area contributed by atoms with Crippen LogP contribution < -0.4 is 0 Å². The quantitative estimate of drug-likeness (QED) is 0.0430. The third kappa shape index (κ3) is 22.2. The van der Waals surface area contributed by atoms with Crippen LogP contribution in [0.5, 0.6) is 0 Å². The maximum absolute atomic E-state index is 5.23. The van der Waals surface area contributed by atoms with Gasteiger partial charge in [-0.3, -0.25) is 9.98 Å². The van der Waals surface area contributed by atoms with E-state index in [0.717, 1.165) is 62.7 Å². The summed E-state index contributed by atoms with van der Waals surface area (Å²) < 4.78 is 0. The number of benzene rings is 2. The number of nitrogens with zero attached hydrogens (tertiary/aromatic N) is 2. The molecule has 2 nitrogen and oxygen atoms in total. The van der Waals surface area contributed by atoms with Gasteiger partial charge in [0.1, 0.15) is 0 Å². The van der Waals surface area contributed by atoms with Crippen LogP contribution in [-0.4, -0.2) is 11.4 Å². The van der Waals surface area contributed by atoms with Crippen LogP contribution in [0, 0.1) is 0 Å². The van der Waals surface area contributed by atoms with Gasteiger partial charge in [0.05, 0.1) is 22.8 Å². The van der Waals surface area contributed by atoms with Crippen LogP contribution in [0.15, 0.2) is 82.8 Å². The normalized spacial score (nSPS) is 12.6. The van der Waals surface area contributed by atoms with Gasteiger partial charge in [-0.1, -0.05) is 153 Å². The highest BCUT2D eigenvalue weighted by Gasteiger charge is 2.11. The number of hydrogen-bond acceptors (Lipinski definition) is 2. The number of allylic oxidation sites excluding steroid dienone is 4. The number of hydrogen-bond donors (Lipinski definition) is 0. The average Bonchev–Trinajstić information content (AvgIpc) is 3.14. The van der Waals surface area contributed by atoms with Gasteiger partial charge in [0.15, 0.2) is 0 Å². The van der Waals surface area contributed by atoms with E-state index in [4.69, 9.17) is 9.98 Å². The van der Waals surface area contributed by atoms with Crippen molar-refractivity contribution in [1.29, 1.82) is 0 Å². The third-order valence-electron chi connectivity index (χ3n) is 9.72. The molecule has 0 aliphatic carbocycles. The van der Waals surface area contributed by atoms with E-state index in [1.54, 1.807) is 0 Å². The van der Waals surface area contributed by atoms with Gasteiger partial charge in [0, 0.05) is 0 Å². The predicted molar refractivity (Wildman–Crippen MR) is 226 cm³/mol. The minimum atomic E-state index is 0.982. The zero-order chi connectivity index (χ0) is 35.7. The van der Waals surface area contributed by atoms with Gasteiger partial charge in [-0.2, -0.15) is 0 Å². The van der Waals surface area contributed by atoms with Crippen LogP contribution in [-0.2, 0) is 12.8 Å². The first kappa shape index (κ1) is 43.4. The van der Waals surface area contributed by atoms with Gasteiger partial charge in [-0.25, -0.2) is 0 Å². The monoisotopic (exact) mass is 681 g/mol. The minimum Gasteiger partial charge on any atom is -0.252 e. The Bertz CT molecular complexity index is 1090. The molecule has 0 amide bonds. The van der Waals surface area contributed by atoms with Crippen molar-refractivity contribution in [3.63, 3.8) is 0 Å². The van der Waals surface area contributed by atoms with E-state index < -0.39 is 0 Å². The molecular formula is C48H76N2. The highest BCUT2D eigenvalue weighted by molar-refractivity contribution is 6.43. The lowest BCUT2D eigenvalue weighted by Crippen LogP contribution is -2.14. The van der Waals surface area contributed by atoms with Crippen LogP contribution in [0.2, 0.25) is 0 Å². The Labute approximate surface area is 310 Å². The second-order valence-electron chi connectivity index (χ2n) is 14.5. The summed E-state index contributed by atoms with van der Waals surface area (Å²) in [5.74, 6) is 0. The SMILES string of the molecule is CCCCCCCC/C=C/CCCc1ccc(N=C(CCCC)C(CCCC)=Nc2ccc(CCC/C=C/CCCCCCCC)cc2)cc1. The highest BCUT2D eigenvalue weighted by Crippen LogP contribution is 2.21. The maximum Gasteiger partial charge on any atom is 0.0633 e. The Morgan fingerprint density at radius 3 is 1.06 bits per heavy atom. The summed E-state index contributed by atoms with van der Waals surface area (Å²) in [6.45, 7) is 9.11. The van der Waals surface area contributed by atoms with Crippen molar-refractivity contribution < 1.29 is 0 Å². The Hall–Kier alpha value is -2.74. The highest BCUT2D eigenvalue weighted by atomic mass is 14.8. The number of aliphatic imine (C=N–C) groups is 2. The third-order valence-corrected chi connectivity index (χ3v) is 9.72. The summed E-state index contributed by atoms with van der Waals surface area (Å²) in [6, 6.07) is 18.0. The molecule has 0 heterocycles. The first-order chi connectivity index (χ1) is 24.7. The molecule has 0 radical (unpaired) electrons.